The summed E-state index contributed by atoms with van der Waals surface area (Å²) in [5.41, 5.74) is -0.447. The number of nitrogens with one attached hydrogen (secondary N) is 1. The predicted octanol–water partition coefficient (Wildman–Crippen LogP) is 2.72. The van der Waals surface area contributed by atoms with Crippen molar-refractivity contribution in [3.8, 4) is 6.07 Å². The van der Waals surface area contributed by atoms with Crippen LogP contribution in [0.2, 0.25) is 0 Å². The minimum atomic E-state index is -0.789. The summed E-state index contributed by atoms with van der Waals surface area (Å²) in [5.74, 6) is 0.691. The van der Waals surface area contributed by atoms with Crippen molar-refractivity contribution >= 4 is 33.6 Å². The second-order valence-corrected chi connectivity index (χ2v) is 6.04. The molecule has 0 saturated carbocycles. The van der Waals surface area contributed by atoms with E-state index >= 15 is 0 Å². The molecule has 18 heavy (non-hydrogen) atoms. The van der Waals surface area contributed by atoms with Crippen LogP contribution in [0.25, 0.3) is 0 Å². The molecule has 0 aliphatic carbocycles. The van der Waals surface area contributed by atoms with Crippen LogP contribution in [0.5, 0.6) is 0 Å². The van der Waals surface area contributed by atoms with Gasteiger partial charge in [-0.25, -0.2) is 4.39 Å². The van der Waals surface area contributed by atoms with E-state index in [4.69, 9.17) is 5.26 Å². The first-order chi connectivity index (χ1) is 8.56. The molecule has 1 heterocycles. The minimum absolute atomic E-state index is 0.238. The number of hydrogen-bond acceptors (Lipinski definition) is 3. The summed E-state index contributed by atoms with van der Waals surface area (Å²) in [6.45, 7) is 0. The number of hydrogen-bond donors (Lipinski definition) is 1. The van der Waals surface area contributed by atoms with E-state index < -0.39 is 11.4 Å². The van der Waals surface area contributed by atoms with Crippen molar-refractivity contribution in [3.63, 3.8) is 0 Å². The van der Waals surface area contributed by atoms with E-state index in [1.165, 1.54) is 18.2 Å². The summed E-state index contributed by atoms with van der Waals surface area (Å²) >= 11 is 4.68. The third-order valence-corrected chi connectivity index (χ3v) is 4.57. The molecule has 0 radical (unpaired) electrons. The molecule has 1 fully saturated rings. The van der Waals surface area contributed by atoms with E-state index in [0.29, 0.717) is 17.7 Å². The van der Waals surface area contributed by atoms with Crippen molar-refractivity contribution in [2.24, 2.45) is 0 Å². The van der Waals surface area contributed by atoms with E-state index in [1.807, 2.05) is 0 Å². The number of rotatable bonds is 2. The average molecular weight is 329 g/mol. The number of benzene rings is 1. The van der Waals surface area contributed by atoms with Crippen molar-refractivity contribution in [2.75, 3.05) is 11.5 Å². The van der Waals surface area contributed by atoms with Gasteiger partial charge in [-0.05, 0) is 46.3 Å². The SMILES string of the molecule is N#C[C@@]1(NC(=O)c2ccc(F)c(Br)c2)CCSC1. The number of amides is 1. The first-order valence-corrected chi connectivity index (χ1v) is 7.28. The number of halogens is 2. The van der Waals surface area contributed by atoms with Gasteiger partial charge in [0, 0.05) is 11.3 Å². The molecule has 1 saturated heterocycles. The quantitative estimate of drug-likeness (QED) is 0.908. The van der Waals surface area contributed by atoms with Gasteiger partial charge in [0.1, 0.15) is 11.4 Å². The molecule has 1 atom stereocenters. The normalized spacial score (nSPS) is 22.5. The summed E-state index contributed by atoms with van der Waals surface area (Å²) in [6, 6.07) is 6.21. The molecule has 1 N–H and O–H groups in total. The smallest absolute Gasteiger partial charge is 0.252 e. The molecule has 94 valence electrons. The van der Waals surface area contributed by atoms with Gasteiger partial charge in [-0.3, -0.25) is 4.79 Å². The number of carbonyl (C=O) groups excluding carboxylic acids is 1. The molecular formula is C12H10BrFN2OS. The van der Waals surface area contributed by atoms with Gasteiger partial charge in [-0.15, -0.1) is 0 Å². The van der Waals surface area contributed by atoms with E-state index in [2.05, 4.69) is 27.3 Å². The maximum Gasteiger partial charge on any atom is 0.252 e. The fraction of sp³-hybridized carbons (Fsp3) is 0.333. The minimum Gasteiger partial charge on any atom is -0.333 e. The van der Waals surface area contributed by atoms with Crippen LogP contribution in [-0.4, -0.2) is 23.0 Å². The van der Waals surface area contributed by atoms with Gasteiger partial charge in [0.25, 0.3) is 5.91 Å². The Hall–Kier alpha value is -1.06. The summed E-state index contributed by atoms with van der Waals surface area (Å²) in [6.07, 6.45) is 0.641. The van der Waals surface area contributed by atoms with Crippen molar-refractivity contribution < 1.29 is 9.18 Å². The van der Waals surface area contributed by atoms with Crippen molar-refractivity contribution in [3.05, 3.63) is 34.1 Å². The molecule has 0 unspecified atom stereocenters. The third-order valence-electron chi connectivity index (χ3n) is 2.77. The molecule has 3 nitrogen and oxygen atoms in total. The lowest BCUT2D eigenvalue weighted by Gasteiger charge is -2.21. The molecule has 1 aliphatic heterocycles. The Labute approximate surface area is 117 Å². The molecule has 0 bridgehead atoms. The zero-order valence-electron chi connectivity index (χ0n) is 9.37. The third kappa shape index (κ3) is 2.68. The number of carbonyl (C=O) groups is 1. The van der Waals surface area contributed by atoms with Crippen molar-refractivity contribution in [1.82, 2.24) is 5.32 Å². The Morgan fingerprint density at radius 2 is 2.39 bits per heavy atom. The van der Waals surface area contributed by atoms with Crippen LogP contribution in [0.4, 0.5) is 4.39 Å². The highest BCUT2D eigenvalue weighted by atomic mass is 79.9. The number of nitriles is 1. The van der Waals surface area contributed by atoms with Gasteiger partial charge in [-0.2, -0.15) is 17.0 Å². The van der Waals surface area contributed by atoms with Gasteiger partial charge < -0.3 is 5.32 Å². The fourth-order valence-corrected chi connectivity index (χ4v) is 3.35. The van der Waals surface area contributed by atoms with Crippen LogP contribution < -0.4 is 5.32 Å². The number of thioether (sulfide) groups is 1. The van der Waals surface area contributed by atoms with E-state index in [9.17, 15) is 9.18 Å². The van der Waals surface area contributed by atoms with Gasteiger partial charge in [0.05, 0.1) is 10.5 Å². The Kier molecular flexibility index (Phi) is 3.93. The second-order valence-electron chi connectivity index (χ2n) is 4.08. The second kappa shape index (κ2) is 5.29. The monoisotopic (exact) mass is 328 g/mol. The maximum atomic E-state index is 13.1. The van der Waals surface area contributed by atoms with Crippen LogP contribution >= 0.6 is 27.7 Å². The molecule has 1 aliphatic rings. The van der Waals surface area contributed by atoms with Gasteiger partial charge >= 0.3 is 0 Å². The first kappa shape index (κ1) is 13.4. The van der Waals surface area contributed by atoms with Gasteiger partial charge in [-0.1, -0.05) is 0 Å². The molecular weight excluding hydrogens is 319 g/mol. The first-order valence-electron chi connectivity index (χ1n) is 5.33. The molecule has 1 aromatic rings. The zero-order chi connectivity index (χ0) is 13.2. The van der Waals surface area contributed by atoms with E-state index in [-0.39, 0.29) is 10.4 Å². The lowest BCUT2D eigenvalue weighted by Crippen LogP contribution is -2.47. The lowest BCUT2D eigenvalue weighted by atomic mass is 10.0. The highest BCUT2D eigenvalue weighted by Crippen LogP contribution is 2.28. The molecule has 0 aromatic heterocycles. The Balaban J connectivity index is 2.17. The van der Waals surface area contributed by atoms with E-state index in [1.54, 1.807) is 11.8 Å². The topological polar surface area (TPSA) is 52.9 Å². The molecule has 1 amide bonds. The Morgan fingerprint density at radius 1 is 1.61 bits per heavy atom. The highest BCUT2D eigenvalue weighted by molar-refractivity contribution is 9.10. The van der Waals surface area contributed by atoms with Crippen LogP contribution in [-0.2, 0) is 0 Å². The van der Waals surface area contributed by atoms with E-state index in [0.717, 1.165) is 5.75 Å². The van der Waals surface area contributed by atoms with Crippen LogP contribution in [0.15, 0.2) is 22.7 Å². The lowest BCUT2D eigenvalue weighted by molar-refractivity contribution is 0.0926. The van der Waals surface area contributed by atoms with Crippen molar-refractivity contribution in [2.45, 2.75) is 12.0 Å². The van der Waals surface area contributed by atoms with Gasteiger partial charge in [0.15, 0.2) is 0 Å². The highest BCUT2D eigenvalue weighted by Gasteiger charge is 2.36. The zero-order valence-corrected chi connectivity index (χ0v) is 11.8. The largest absolute Gasteiger partial charge is 0.333 e. The summed E-state index contributed by atoms with van der Waals surface area (Å²) < 4.78 is 13.3. The average Bonchev–Trinajstić information content (AvgIpc) is 2.82. The summed E-state index contributed by atoms with van der Waals surface area (Å²) in [4.78, 5) is 12.0. The predicted molar refractivity (Wildman–Crippen MR) is 71.9 cm³/mol. The summed E-state index contributed by atoms with van der Waals surface area (Å²) in [7, 11) is 0. The number of nitrogens with zero attached hydrogens (tertiary/aromatic N) is 1. The molecule has 2 rings (SSSR count). The standard InChI is InChI=1S/C12H10BrFN2OS/c13-9-5-8(1-2-10(9)14)11(17)16-12(6-15)3-4-18-7-12/h1-2,5H,3-4,7H2,(H,16,17)/t12-/m0/s1. The van der Waals surface area contributed by atoms with Crippen molar-refractivity contribution in [1.29, 1.82) is 5.26 Å². The van der Waals surface area contributed by atoms with Gasteiger partial charge in [0.2, 0.25) is 0 Å². The molecule has 1 aromatic carbocycles. The fourth-order valence-electron chi connectivity index (χ4n) is 1.71. The van der Waals surface area contributed by atoms with Crippen LogP contribution in [0.3, 0.4) is 0 Å². The Morgan fingerprint density at radius 3 is 2.94 bits per heavy atom. The Bertz CT molecular complexity index is 523. The molecule has 6 heteroatoms. The van der Waals surface area contributed by atoms with Crippen LogP contribution in [0.1, 0.15) is 16.8 Å². The maximum absolute atomic E-state index is 13.1. The summed E-state index contributed by atoms with van der Waals surface area (Å²) in [5, 5.41) is 11.9. The van der Waals surface area contributed by atoms with Crippen LogP contribution in [0, 0.1) is 17.1 Å². The molecule has 0 spiro atoms.